The van der Waals surface area contributed by atoms with E-state index < -0.39 is 37.3 Å². The lowest BCUT2D eigenvalue weighted by Crippen LogP contribution is -2.47. The number of aromatic nitrogens is 2. The molecule has 4 heterocycles. The van der Waals surface area contributed by atoms with Gasteiger partial charge < -0.3 is 24.1 Å². The molecule has 2 aliphatic heterocycles. The number of fused-ring (bicyclic) bond motifs is 5. The lowest BCUT2D eigenvalue weighted by atomic mass is 9.85. The van der Waals surface area contributed by atoms with Crippen molar-refractivity contribution in [1.82, 2.24) is 14.9 Å². The van der Waals surface area contributed by atoms with E-state index >= 15 is 0 Å². The van der Waals surface area contributed by atoms with Crippen LogP contribution in [0.15, 0.2) is 47.8 Å². The summed E-state index contributed by atoms with van der Waals surface area (Å²) in [4.78, 5) is 57.5. The minimum Gasteiger partial charge on any atom is -0.457 e. The van der Waals surface area contributed by atoms with Crippen LogP contribution in [0.1, 0.15) is 57.2 Å². The number of amides is 1. The van der Waals surface area contributed by atoms with Gasteiger partial charge in [0.15, 0.2) is 0 Å². The molecule has 5 rings (SSSR count). The first kappa shape index (κ1) is 31.2. The molecule has 0 saturated carbocycles. The van der Waals surface area contributed by atoms with Gasteiger partial charge in [-0.05, 0) is 61.5 Å². The van der Waals surface area contributed by atoms with Gasteiger partial charge in [0, 0.05) is 12.1 Å². The Morgan fingerprint density at radius 2 is 1.93 bits per heavy atom. The van der Waals surface area contributed by atoms with Crippen molar-refractivity contribution in [3.8, 4) is 11.4 Å². The molecule has 0 aliphatic carbocycles. The predicted molar refractivity (Wildman–Crippen MR) is 169 cm³/mol. The molecule has 1 aromatic carbocycles. The third kappa shape index (κ3) is 5.45. The number of nitrogens with one attached hydrogen (secondary N) is 1. The van der Waals surface area contributed by atoms with Crippen molar-refractivity contribution in [3.63, 3.8) is 0 Å². The maximum absolute atomic E-state index is 14.0. The van der Waals surface area contributed by atoms with Crippen LogP contribution in [0.25, 0.3) is 22.3 Å². The lowest BCUT2D eigenvalue weighted by molar-refractivity contribution is -0.189. The fourth-order valence-corrected chi connectivity index (χ4v) is 9.13. The summed E-state index contributed by atoms with van der Waals surface area (Å²) < 4.78 is 18.2. The number of alkyl carbamates (subject to hydrolysis) is 1. The van der Waals surface area contributed by atoms with Gasteiger partial charge in [-0.3, -0.25) is 9.59 Å². The molecule has 10 nitrogen and oxygen atoms in total. The van der Waals surface area contributed by atoms with E-state index in [4.69, 9.17) is 19.2 Å². The maximum atomic E-state index is 14.0. The Bertz CT molecular complexity index is 1750. The van der Waals surface area contributed by atoms with Gasteiger partial charge in [0.2, 0.25) is 5.60 Å². The van der Waals surface area contributed by atoms with Gasteiger partial charge in [-0.25, -0.2) is 14.6 Å². The Labute approximate surface area is 257 Å². The van der Waals surface area contributed by atoms with Crippen LogP contribution < -0.4 is 16.1 Å². The Kier molecular flexibility index (Phi) is 8.04. The molecule has 0 saturated heterocycles. The number of allylic oxidation sites excluding steroid dienone is 1. The predicted octanol–water partition coefficient (Wildman–Crippen LogP) is 4.65. The van der Waals surface area contributed by atoms with Crippen molar-refractivity contribution in [2.75, 3.05) is 6.54 Å². The SMILES string of the molecule is C=CC[Si](C)(C)c1c2c(nc3ccccc13)-c1cc3c(c(=O)n1C2)COC(=O)[C@@]3(CC)OC(=O)CCNC(=O)OC(C)(C)C. The number of hydrogen-bond acceptors (Lipinski definition) is 8. The molecular formula is C33H39N3O7Si. The van der Waals surface area contributed by atoms with Crippen LogP contribution in [-0.4, -0.2) is 47.8 Å². The molecule has 2 aliphatic rings. The van der Waals surface area contributed by atoms with Crippen LogP contribution >= 0.6 is 0 Å². The Morgan fingerprint density at radius 1 is 1.20 bits per heavy atom. The smallest absolute Gasteiger partial charge is 0.407 e. The van der Waals surface area contributed by atoms with Gasteiger partial charge >= 0.3 is 18.0 Å². The van der Waals surface area contributed by atoms with Gasteiger partial charge in [0.25, 0.3) is 5.56 Å². The topological polar surface area (TPSA) is 126 Å². The van der Waals surface area contributed by atoms with E-state index in [2.05, 4.69) is 31.1 Å². The summed E-state index contributed by atoms with van der Waals surface area (Å²) in [6, 6.07) is 10.6. The van der Waals surface area contributed by atoms with E-state index in [1.54, 1.807) is 38.3 Å². The van der Waals surface area contributed by atoms with E-state index in [1.165, 1.54) is 5.19 Å². The molecule has 232 valence electrons. The monoisotopic (exact) mass is 617 g/mol. The first-order valence-corrected chi connectivity index (χ1v) is 18.1. The minimum absolute atomic E-state index is 0.0511. The van der Waals surface area contributed by atoms with E-state index in [-0.39, 0.29) is 37.1 Å². The Morgan fingerprint density at radius 3 is 2.61 bits per heavy atom. The second kappa shape index (κ2) is 11.3. The summed E-state index contributed by atoms with van der Waals surface area (Å²) in [7, 11) is -2.05. The molecule has 1 amide bonds. The van der Waals surface area contributed by atoms with Crippen molar-refractivity contribution in [1.29, 1.82) is 0 Å². The zero-order valence-electron chi connectivity index (χ0n) is 26.2. The van der Waals surface area contributed by atoms with Gasteiger partial charge in [0.1, 0.15) is 12.2 Å². The third-order valence-corrected chi connectivity index (χ3v) is 11.4. The molecule has 0 fully saturated rings. The van der Waals surface area contributed by atoms with Crippen LogP contribution in [-0.2, 0) is 42.6 Å². The second-order valence-electron chi connectivity index (χ2n) is 12.9. The van der Waals surface area contributed by atoms with Gasteiger partial charge in [0.05, 0.1) is 43.5 Å². The quantitative estimate of drug-likeness (QED) is 0.131. The number of nitrogens with zero attached hydrogens (tertiary/aromatic N) is 2. The minimum atomic E-state index is -2.05. The molecule has 2 aromatic heterocycles. The average molecular weight is 618 g/mol. The number of ether oxygens (including phenoxy) is 3. The normalized spacial score (nSPS) is 17.3. The first-order valence-electron chi connectivity index (χ1n) is 14.9. The number of esters is 2. The highest BCUT2D eigenvalue weighted by molar-refractivity contribution is 6.92. The van der Waals surface area contributed by atoms with Crippen molar-refractivity contribution in [2.24, 2.45) is 0 Å². The zero-order chi connectivity index (χ0) is 32.0. The summed E-state index contributed by atoms with van der Waals surface area (Å²) in [5.41, 5.74) is 0.881. The van der Waals surface area contributed by atoms with Crippen LogP contribution in [0.4, 0.5) is 4.79 Å². The van der Waals surface area contributed by atoms with Gasteiger partial charge in [-0.2, -0.15) is 0 Å². The fourth-order valence-electron chi connectivity index (χ4n) is 6.25. The summed E-state index contributed by atoms with van der Waals surface area (Å²) in [6.45, 7) is 15.6. The number of rotatable bonds is 8. The molecular weight excluding hydrogens is 578 g/mol. The van der Waals surface area contributed by atoms with Gasteiger partial charge in [-0.1, -0.05) is 44.3 Å². The average Bonchev–Trinajstić information content (AvgIpc) is 3.30. The molecule has 3 aromatic rings. The summed E-state index contributed by atoms with van der Waals surface area (Å²) in [5.74, 6) is -1.47. The number of carbonyl (C=O) groups excluding carboxylic acids is 3. The van der Waals surface area contributed by atoms with Crippen LogP contribution in [0.5, 0.6) is 0 Å². The summed E-state index contributed by atoms with van der Waals surface area (Å²) in [6.07, 6.45) is 1.13. The molecule has 0 radical (unpaired) electrons. The first-order chi connectivity index (χ1) is 20.7. The van der Waals surface area contributed by atoms with Crippen LogP contribution in [0.3, 0.4) is 0 Å². The number of para-hydroxylation sites is 1. The highest BCUT2D eigenvalue weighted by Gasteiger charge is 2.50. The molecule has 1 N–H and O–H groups in total. The Hall–Kier alpha value is -4.25. The number of cyclic esters (lactones) is 1. The Balaban J connectivity index is 1.56. The second-order valence-corrected chi connectivity index (χ2v) is 17.6. The molecule has 44 heavy (non-hydrogen) atoms. The molecule has 0 unspecified atom stereocenters. The zero-order valence-corrected chi connectivity index (χ0v) is 27.2. The molecule has 11 heteroatoms. The number of pyridine rings is 2. The lowest BCUT2D eigenvalue weighted by Gasteiger charge is -2.35. The van der Waals surface area contributed by atoms with Crippen LogP contribution in [0, 0.1) is 0 Å². The van der Waals surface area contributed by atoms with Crippen LogP contribution in [0.2, 0.25) is 19.1 Å². The van der Waals surface area contributed by atoms with Crippen molar-refractivity contribution in [3.05, 3.63) is 70.0 Å². The highest BCUT2D eigenvalue weighted by atomic mass is 28.3. The molecule has 0 spiro atoms. The van der Waals surface area contributed by atoms with Crippen molar-refractivity contribution >= 4 is 42.2 Å². The standard InChI is InChI=1S/C33H39N3O7Si/c1-8-16-44(6,7)28-20-12-10-11-13-24(20)35-27-21(28)18-36-25(27)17-23-22(29(36)38)19-41-30(39)33(23,9-2)42-26(37)14-15-34-31(40)43-32(3,4)5/h8,10-13,17H,1,9,14-16,18-19H2,2-7H3,(H,34,40)/t33-/m0/s1. The largest absolute Gasteiger partial charge is 0.457 e. The number of benzene rings is 1. The fraction of sp³-hybridized carbons (Fsp3) is 0.424. The van der Waals surface area contributed by atoms with Crippen molar-refractivity contribution in [2.45, 2.75) is 84.0 Å². The number of carbonyl (C=O) groups is 3. The van der Waals surface area contributed by atoms with E-state index in [9.17, 15) is 19.2 Å². The van der Waals surface area contributed by atoms with Crippen molar-refractivity contribution < 1.29 is 28.6 Å². The third-order valence-electron chi connectivity index (χ3n) is 8.18. The highest BCUT2D eigenvalue weighted by Crippen LogP contribution is 2.41. The maximum Gasteiger partial charge on any atom is 0.407 e. The van der Waals surface area contributed by atoms with E-state index in [0.717, 1.165) is 22.5 Å². The molecule has 0 bridgehead atoms. The summed E-state index contributed by atoms with van der Waals surface area (Å²) in [5, 5.41) is 4.83. The molecule has 1 atom stereocenters. The summed E-state index contributed by atoms with van der Waals surface area (Å²) >= 11 is 0. The van der Waals surface area contributed by atoms with Gasteiger partial charge in [-0.15, -0.1) is 6.58 Å². The van der Waals surface area contributed by atoms with E-state index in [0.29, 0.717) is 23.5 Å². The van der Waals surface area contributed by atoms with E-state index in [1.807, 2.05) is 24.3 Å². The number of hydrogen-bond donors (Lipinski definition) is 1.